The molecule has 4 rings (SSSR count). The highest BCUT2D eigenvalue weighted by Gasteiger charge is 2.37. The van der Waals surface area contributed by atoms with Gasteiger partial charge in [-0.25, -0.2) is 13.4 Å². The Hall–Kier alpha value is -3.56. The van der Waals surface area contributed by atoms with Crippen LogP contribution in [0.15, 0.2) is 27.9 Å². The topological polar surface area (TPSA) is 175 Å². The van der Waals surface area contributed by atoms with Crippen LogP contribution in [0.5, 0.6) is 5.75 Å². The number of sulfonamides is 1. The molecule has 1 aliphatic rings. The molecule has 0 saturated carbocycles. The van der Waals surface area contributed by atoms with Crippen molar-refractivity contribution in [2.24, 2.45) is 7.05 Å². The van der Waals surface area contributed by atoms with Crippen LogP contribution < -0.4 is 15.6 Å². The molecule has 0 amide bonds. The first-order valence-corrected chi connectivity index (χ1v) is 13.3. The molecule has 0 atom stereocenters. The van der Waals surface area contributed by atoms with E-state index in [2.05, 4.69) is 25.2 Å². The summed E-state index contributed by atoms with van der Waals surface area (Å²) in [7, 11) is -2.16. The van der Waals surface area contributed by atoms with Crippen molar-refractivity contribution in [3.8, 4) is 17.1 Å². The normalized spacial score (nSPS) is 14.6. The van der Waals surface area contributed by atoms with Crippen molar-refractivity contribution in [2.45, 2.75) is 37.6 Å². The molecule has 15 heteroatoms. The highest BCUT2D eigenvalue weighted by molar-refractivity contribution is 7.89. The first kappa shape index (κ1) is 26.5. The molecule has 0 spiro atoms. The zero-order valence-electron chi connectivity index (χ0n) is 20.8. The fraction of sp³-hybridized carbons (Fsp3) is 0.500. The van der Waals surface area contributed by atoms with E-state index < -0.39 is 15.1 Å². The maximum absolute atomic E-state index is 13.3. The number of benzene rings is 1. The fourth-order valence-corrected chi connectivity index (χ4v) is 5.77. The van der Waals surface area contributed by atoms with Crippen LogP contribution in [0, 0.1) is 10.1 Å². The third-order valence-corrected chi connectivity index (χ3v) is 7.80. The first-order chi connectivity index (χ1) is 17.6. The molecule has 0 bridgehead atoms. The predicted octanol–water partition coefficient (Wildman–Crippen LogP) is 0.846. The van der Waals surface area contributed by atoms with Crippen LogP contribution in [-0.2, 0) is 28.3 Å². The van der Waals surface area contributed by atoms with E-state index in [-0.39, 0.29) is 48.6 Å². The van der Waals surface area contributed by atoms with Crippen LogP contribution in [0.4, 0.5) is 0 Å². The Kier molecular flexibility index (Phi) is 7.75. The number of H-pyrrole nitrogens is 1. The van der Waals surface area contributed by atoms with Crippen LogP contribution >= 0.6 is 0 Å². The summed E-state index contributed by atoms with van der Waals surface area (Å²) in [6.45, 7) is 4.66. The van der Waals surface area contributed by atoms with Gasteiger partial charge in [-0.05, 0) is 31.5 Å². The molecular formula is C22H29N7O7S. The molecule has 14 nitrogen and oxygen atoms in total. The van der Waals surface area contributed by atoms with E-state index in [0.717, 1.165) is 6.42 Å². The van der Waals surface area contributed by atoms with Crippen molar-refractivity contribution in [3.63, 3.8) is 0 Å². The zero-order valence-corrected chi connectivity index (χ0v) is 21.6. The number of nitrogens with zero attached hydrogens (tertiary/aromatic N) is 5. The molecular weight excluding hydrogens is 506 g/mol. The van der Waals surface area contributed by atoms with Gasteiger partial charge in [-0.3, -0.25) is 9.48 Å². The third kappa shape index (κ3) is 5.42. The van der Waals surface area contributed by atoms with E-state index in [1.165, 1.54) is 21.1 Å². The molecule has 1 fully saturated rings. The fourth-order valence-electron chi connectivity index (χ4n) is 4.21. The Morgan fingerprint density at radius 2 is 2.05 bits per heavy atom. The Balaban J connectivity index is 1.63. The van der Waals surface area contributed by atoms with E-state index in [9.17, 15) is 23.3 Å². The van der Waals surface area contributed by atoms with Gasteiger partial charge < -0.3 is 19.9 Å². The number of hydrogen-bond donors (Lipinski definition) is 2. The molecule has 1 saturated heterocycles. The summed E-state index contributed by atoms with van der Waals surface area (Å²) in [5.41, 5.74) is 1.47. The minimum atomic E-state index is -3.84. The van der Waals surface area contributed by atoms with Crippen molar-refractivity contribution in [2.75, 3.05) is 32.8 Å². The number of fused-ring (bicyclic) bond motifs is 1. The van der Waals surface area contributed by atoms with E-state index in [4.69, 9.17) is 4.74 Å². The molecule has 200 valence electrons. The van der Waals surface area contributed by atoms with Gasteiger partial charge in [0.1, 0.15) is 23.7 Å². The number of ether oxygens (including phenoxy) is 1. The lowest BCUT2D eigenvalue weighted by molar-refractivity contribution is -0.757. The Morgan fingerprint density at radius 1 is 1.30 bits per heavy atom. The maximum atomic E-state index is 13.3. The maximum Gasteiger partial charge on any atom is 0.294 e. The van der Waals surface area contributed by atoms with Gasteiger partial charge in [0.2, 0.25) is 10.0 Å². The summed E-state index contributed by atoms with van der Waals surface area (Å²) in [6, 6.07) is 4.32. The summed E-state index contributed by atoms with van der Waals surface area (Å²) >= 11 is 0. The van der Waals surface area contributed by atoms with Gasteiger partial charge in [0.05, 0.1) is 22.8 Å². The Bertz CT molecular complexity index is 1460. The molecule has 1 aliphatic heterocycles. The zero-order chi connectivity index (χ0) is 26.7. The van der Waals surface area contributed by atoms with Gasteiger partial charge in [-0.2, -0.15) is 9.40 Å². The smallest absolute Gasteiger partial charge is 0.294 e. The van der Waals surface area contributed by atoms with Gasteiger partial charge in [0.25, 0.3) is 10.6 Å². The summed E-state index contributed by atoms with van der Waals surface area (Å²) in [5.74, 6) is 0.580. The van der Waals surface area contributed by atoms with Crippen molar-refractivity contribution < 1.29 is 23.1 Å². The van der Waals surface area contributed by atoms with Gasteiger partial charge in [-0.15, -0.1) is 10.1 Å². The van der Waals surface area contributed by atoms with Crippen LogP contribution in [0.2, 0.25) is 0 Å². The number of aryl methyl sites for hydroxylation is 2. The third-order valence-electron chi connectivity index (χ3n) is 5.97. The number of aromatic nitrogens is 4. The largest absolute Gasteiger partial charge is 0.493 e. The molecule has 0 radical (unpaired) electrons. The average Bonchev–Trinajstić information content (AvgIpc) is 3.13. The Morgan fingerprint density at radius 3 is 2.73 bits per heavy atom. The molecule has 3 heterocycles. The van der Waals surface area contributed by atoms with E-state index >= 15 is 0 Å². The van der Waals surface area contributed by atoms with E-state index in [0.29, 0.717) is 41.1 Å². The number of hydrogen-bond acceptors (Lipinski definition) is 10. The number of rotatable bonds is 12. The van der Waals surface area contributed by atoms with Gasteiger partial charge >= 0.3 is 0 Å². The molecule has 0 unspecified atom stereocenters. The van der Waals surface area contributed by atoms with Crippen LogP contribution in [0.1, 0.15) is 26.0 Å². The molecule has 37 heavy (non-hydrogen) atoms. The average molecular weight is 536 g/mol. The summed E-state index contributed by atoms with van der Waals surface area (Å²) in [5, 5.41) is 16.8. The second kappa shape index (κ2) is 10.8. The lowest BCUT2D eigenvalue weighted by atomic mass is 10.1. The lowest BCUT2D eigenvalue weighted by Crippen LogP contribution is -2.60. The van der Waals surface area contributed by atoms with Crippen molar-refractivity contribution in [1.29, 1.82) is 0 Å². The quantitative estimate of drug-likeness (QED) is 0.192. The summed E-state index contributed by atoms with van der Waals surface area (Å²) in [6.07, 6.45) is 1.46. The first-order valence-electron chi connectivity index (χ1n) is 11.9. The molecule has 2 N–H and O–H groups in total. The highest BCUT2D eigenvalue weighted by Crippen LogP contribution is 2.33. The summed E-state index contributed by atoms with van der Waals surface area (Å²) < 4.78 is 35.1. The van der Waals surface area contributed by atoms with Gasteiger partial charge in [-0.1, -0.05) is 13.3 Å². The monoisotopic (exact) mass is 535 g/mol. The summed E-state index contributed by atoms with van der Waals surface area (Å²) in [4.78, 5) is 34.8. The van der Waals surface area contributed by atoms with Crippen LogP contribution in [0.25, 0.3) is 22.4 Å². The van der Waals surface area contributed by atoms with Crippen molar-refractivity contribution in [1.82, 2.24) is 29.4 Å². The van der Waals surface area contributed by atoms with Crippen molar-refractivity contribution in [3.05, 3.63) is 44.4 Å². The lowest BCUT2D eigenvalue weighted by Gasteiger charge is -2.38. The van der Waals surface area contributed by atoms with Crippen LogP contribution in [0.3, 0.4) is 0 Å². The molecule has 1 aromatic carbocycles. The van der Waals surface area contributed by atoms with E-state index in [1.54, 1.807) is 20.0 Å². The second-order valence-electron chi connectivity index (χ2n) is 8.55. The SMILES string of the molecule is CCCc1nn(C)c2c(=O)[nH]c(-c3cc(S(=O)(=O)N4CC(NCCO[N+](=O)[O-])C4)ccc3OCC)nc12. The molecule has 0 aliphatic carbocycles. The predicted molar refractivity (Wildman–Crippen MR) is 133 cm³/mol. The Labute approximate surface area is 212 Å². The minimum Gasteiger partial charge on any atom is -0.493 e. The molecule has 3 aromatic rings. The number of aromatic amines is 1. The van der Waals surface area contributed by atoms with Crippen molar-refractivity contribution >= 4 is 21.1 Å². The second-order valence-corrected chi connectivity index (χ2v) is 10.5. The number of nitrogens with one attached hydrogen (secondary N) is 2. The standard InChI is InChI=1S/C22H29N7O7S/c1-4-6-17-19-20(27(3)26-17)22(30)25-21(24-19)16-11-15(7-8-18(16)35-5-2)37(33,34)28-12-14(13-28)23-9-10-36-29(31)32/h7-8,11,14,23H,4-6,9-10,12-13H2,1-3H3,(H,24,25,30). The highest BCUT2D eigenvalue weighted by atomic mass is 32.2. The van der Waals surface area contributed by atoms with Crippen LogP contribution in [-0.4, -0.2) is 76.4 Å². The van der Waals surface area contributed by atoms with E-state index in [1.807, 2.05) is 6.92 Å². The minimum absolute atomic E-state index is 0.0313. The molecule has 2 aromatic heterocycles. The van der Waals surface area contributed by atoms with Gasteiger partial charge in [0, 0.05) is 32.7 Å². The van der Waals surface area contributed by atoms with Gasteiger partial charge in [0.15, 0.2) is 5.52 Å².